The molecule has 0 spiro atoms. The zero-order chi connectivity index (χ0) is 6.69. The topological polar surface area (TPSA) is 24.1 Å². The maximum atomic E-state index is 3.50. The summed E-state index contributed by atoms with van der Waals surface area (Å²) < 4.78 is 0. The molecule has 1 saturated heterocycles. The fourth-order valence-electron chi connectivity index (χ4n) is 1.26. The first kappa shape index (κ1) is 14.0. The van der Waals surface area contributed by atoms with Crippen LogP contribution < -0.4 is 10.6 Å². The van der Waals surface area contributed by atoms with Gasteiger partial charge in [-0.15, -0.1) is 24.8 Å². The molecule has 2 atom stereocenters. The first-order chi connectivity index (χ1) is 4.33. The van der Waals surface area contributed by atoms with Crippen molar-refractivity contribution in [1.82, 2.24) is 10.6 Å². The monoisotopic (exact) mass is 200 g/mol. The molecule has 0 aliphatic carbocycles. The van der Waals surface area contributed by atoms with Crippen molar-refractivity contribution in [2.45, 2.75) is 32.4 Å². The third-order valence-corrected chi connectivity index (χ3v) is 1.85. The predicted molar refractivity (Wildman–Crippen MR) is 54.0 cm³/mol. The second-order valence-corrected chi connectivity index (χ2v) is 2.83. The number of hydrogen-bond donors (Lipinski definition) is 2. The van der Waals surface area contributed by atoms with E-state index in [-0.39, 0.29) is 24.8 Å². The van der Waals surface area contributed by atoms with Gasteiger partial charge in [-0.1, -0.05) is 6.92 Å². The van der Waals surface area contributed by atoms with Gasteiger partial charge in [0.25, 0.3) is 0 Å². The van der Waals surface area contributed by atoms with E-state index in [1.165, 1.54) is 6.42 Å². The van der Waals surface area contributed by atoms with E-state index in [1.807, 2.05) is 0 Å². The lowest BCUT2D eigenvalue weighted by Crippen LogP contribution is -2.53. The van der Waals surface area contributed by atoms with Crippen LogP contribution >= 0.6 is 24.8 Å². The van der Waals surface area contributed by atoms with Gasteiger partial charge < -0.3 is 10.6 Å². The molecule has 1 rings (SSSR count). The fraction of sp³-hybridized carbons (Fsp3) is 1.00. The van der Waals surface area contributed by atoms with Crippen LogP contribution in [0.4, 0.5) is 0 Å². The van der Waals surface area contributed by atoms with Gasteiger partial charge in [-0.25, -0.2) is 0 Å². The van der Waals surface area contributed by atoms with Crippen molar-refractivity contribution >= 4 is 24.8 Å². The Morgan fingerprint density at radius 1 is 1.27 bits per heavy atom. The Bertz CT molecular complexity index is 90.5. The summed E-state index contributed by atoms with van der Waals surface area (Å²) in [5, 5.41) is 6.88. The normalized spacial score (nSPS) is 30.0. The van der Waals surface area contributed by atoms with E-state index in [2.05, 4.69) is 24.5 Å². The van der Waals surface area contributed by atoms with Gasteiger partial charge in [0.2, 0.25) is 0 Å². The lowest BCUT2D eigenvalue weighted by atomic mass is 10.1. The molecule has 0 aromatic rings. The van der Waals surface area contributed by atoms with Gasteiger partial charge >= 0.3 is 0 Å². The molecule has 1 aliphatic rings. The molecule has 70 valence electrons. The van der Waals surface area contributed by atoms with Gasteiger partial charge in [0.1, 0.15) is 0 Å². The Labute approximate surface area is 81.3 Å². The standard InChI is InChI=1S/C7H16N2.2ClH/c1-3-7-5-8-4-6(2)9-7;;/h6-9H,3-5H2,1-2H3;2*1H/t6-,7+;;/m0../s1. The van der Waals surface area contributed by atoms with Crippen molar-refractivity contribution in [3.8, 4) is 0 Å². The minimum atomic E-state index is 0. The van der Waals surface area contributed by atoms with Crippen LogP contribution in [0.25, 0.3) is 0 Å². The van der Waals surface area contributed by atoms with Crippen molar-refractivity contribution in [3.05, 3.63) is 0 Å². The maximum absolute atomic E-state index is 3.50. The maximum Gasteiger partial charge on any atom is 0.0192 e. The van der Waals surface area contributed by atoms with Crippen molar-refractivity contribution in [3.63, 3.8) is 0 Å². The zero-order valence-electron chi connectivity index (χ0n) is 7.09. The quantitative estimate of drug-likeness (QED) is 0.665. The Balaban J connectivity index is 0. The van der Waals surface area contributed by atoms with Crippen LogP contribution in [-0.2, 0) is 0 Å². The summed E-state index contributed by atoms with van der Waals surface area (Å²) in [4.78, 5) is 0. The number of hydrogen-bond acceptors (Lipinski definition) is 2. The van der Waals surface area contributed by atoms with Crippen LogP contribution in [0.3, 0.4) is 0 Å². The lowest BCUT2D eigenvalue weighted by molar-refractivity contribution is 0.347. The molecule has 0 amide bonds. The van der Waals surface area contributed by atoms with Crippen LogP contribution in [0.2, 0.25) is 0 Å². The molecule has 1 fully saturated rings. The summed E-state index contributed by atoms with van der Waals surface area (Å²) in [7, 11) is 0. The van der Waals surface area contributed by atoms with E-state index in [0.717, 1.165) is 13.1 Å². The number of nitrogens with one attached hydrogen (secondary N) is 2. The molecule has 0 radical (unpaired) electrons. The predicted octanol–water partition coefficient (Wildman–Crippen LogP) is 1.19. The van der Waals surface area contributed by atoms with Crippen LogP contribution in [0.1, 0.15) is 20.3 Å². The molecule has 1 heterocycles. The van der Waals surface area contributed by atoms with Crippen molar-refractivity contribution < 1.29 is 0 Å². The molecule has 1 aliphatic heterocycles. The molecule has 0 saturated carbocycles. The summed E-state index contributed by atoms with van der Waals surface area (Å²) in [5.74, 6) is 0. The number of rotatable bonds is 1. The molecule has 2 nitrogen and oxygen atoms in total. The van der Waals surface area contributed by atoms with E-state index in [4.69, 9.17) is 0 Å². The SMILES string of the molecule is CC[C@@H]1CNC[C@H](C)N1.Cl.Cl. The highest BCUT2D eigenvalue weighted by Crippen LogP contribution is 1.96. The Morgan fingerprint density at radius 2 is 1.91 bits per heavy atom. The van der Waals surface area contributed by atoms with E-state index in [9.17, 15) is 0 Å². The van der Waals surface area contributed by atoms with Crippen molar-refractivity contribution in [2.24, 2.45) is 0 Å². The lowest BCUT2D eigenvalue weighted by Gasteiger charge is -2.28. The summed E-state index contributed by atoms with van der Waals surface area (Å²) >= 11 is 0. The third-order valence-electron chi connectivity index (χ3n) is 1.85. The first-order valence-corrected chi connectivity index (χ1v) is 3.79. The van der Waals surface area contributed by atoms with Crippen LogP contribution in [-0.4, -0.2) is 25.2 Å². The Hall–Kier alpha value is 0.500. The summed E-state index contributed by atoms with van der Waals surface area (Å²) in [6, 6.07) is 1.36. The summed E-state index contributed by atoms with van der Waals surface area (Å²) in [5.41, 5.74) is 0. The molecule has 2 N–H and O–H groups in total. The minimum absolute atomic E-state index is 0. The van der Waals surface area contributed by atoms with Gasteiger partial charge in [0, 0.05) is 25.2 Å². The molecule has 0 bridgehead atoms. The van der Waals surface area contributed by atoms with Crippen molar-refractivity contribution in [1.29, 1.82) is 0 Å². The zero-order valence-corrected chi connectivity index (χ0v) is 8.73. The van der Waals surface area contributed by atoms with Crippen LogP contribution in [0.15, 0.2) is 0 Å². The average Bonchev–Trinajstić information content (AvgIpc) is 1.88. The molecule has 0 aromatic heterocycles. The van der Waals surface area contributed by atoms with E-state index in [1.54, 1.807) is 0 Å². The largest absolute Gasteiger partial charge is 0.314 e. The van der Waals surface area contributed by atoms with Gasteiger partial charge in [0.05, 0.1) is 0 Å². The smallest absolute Gasteiger partial charge is 0.0192 e. The number of halogens is 2. The molecule has 4 heteroatoms. The first-order valence-electron chi connectivity index (χ1n) is 3.79. The summed E-state index contributed by atoms with van der Waals surface area (Å²) in [6.07, 6.45) is 1.23. The second kappa shape index (κ2) is 7.17. The van der Waals surface area contributed by atoms with E-state index >= 15 is 0 Å². The number of piperazine rings is 1. The van der Waals surface area contributed by atoms with Gasteiger partial charge in [-0.05, 0) is 13.3 Å². The molecule has 0 aromatic carbocycles. The highest BCUT2D eigenvalue weighted by Gasteiger charge is 2.14. The van der Waals surface area contributed by atoms with Crippen LogP contribution in [0.5, 0.6) is 0 Å². The fourth-order valence-corrected chi connectivity index (χ4v) is 1.26. The van der Waals surface area contributed by atoms with Crippen LogP contribution in [0, 0.1) is 0 Å². The highest BCUT2D eigenvalue weighted by atomic mass is 35.5. The van der Waals surface area contributed by atoms with Crippen molar-refractivity contribution in [2.75, 3.05) is 13.1 Å². The highest BCUT2D eigenvalue weighted by molar-refractivity contribution is 5.85. The second-order valence-electron chi connectivity index (χ2n) is 2.83. The Morgan fingerprint density at radius 3 is 2.27 bits per heavy atom. The molecule has 11 heavy (non-hydrogen) atoms. The molecular weight excluding hydrogens is 183 g/mol. The van der Waals surface area contributed by atoms with Gasteiger partial charge in [-0.2, -0.15) is 0 Å². The Kier molecular flexibility index (Phi) is 9.15. The molecule has 0 unspecified atom stereocenters. The summed E-state index contributed by atoms with van der Waals surface area (Å²) in [6.45, 7) is 6.70. The van der Waals surface area contributed by atoms with E-state index in [0.29, 0.717) is 12.1 Å². The van der Waals surface area contributed by atoms with Gasteiger partial charge in [0.15, 0.2) is 0 Å². The van der Waals surface area contributed by atoms with Gasteiger partial charge in [-0.3, -0.25) is 0 Å². The molecular formula is C7H18Cl2N2. The minimum Gasteiger partial charge on any atom is -0.314 e. The third kappa shape index (κ3) is 4.86. The van der Waals surface area contributed by atoms with E-state index < -0.39 is 0 Å². The average molecular weight is 201 g/mol.